The van der Waals surface area contributed by atoms with Crippen LogP contribution in [0.25, 0.3) is 11.4 Å². The molecule has 0 aliphatic carbocycles. The monoisotopic (exact) mass is 345 g/mol. The number of allylic oxidation sites excluding steroid dienone is 1. The lowest BCUT2D eigenvalue weighted by Gasteiger charge is -2.17. The third kappa shape index (κ3) is 4.67. The van der Waals surface area contributed by atoms with Crippen LogP contribution < -0.4 is 5.32 Å². The van der Waals surface area contributed by atoms with E-state index in [0.717, 1.165) is 11.4 Å². The van der Waals surface area contributed by atoms with Crippen LogP contribution >= 0.6 is 11.8 Å². The van der Waals surface area contributed by atoms with E-state index in [1.165, 1.54) is 11.8 Å². The SMILES string of the molecule is C=CCn1c(SCC(=O)N[C@H](C)C(C)C)nnc1-c1ccncc1. The van der Waals surface area contributed by atoms with Gasteiger partial charge in [0, 0.05) is 30.5 Å². The van der Waals surface area contributed by atoms with Crippen LogP contribution in [0.5, 0.6) is 0 Å². The molecule has 0 aliphatic rings. The van der Waals surface area contributed by atoms with E-state index in [2.05, 4.69) is 40.9 Å². The fourth-order valence-electron chi connectivity index (χ4n) is 2.00. The minimum absolute atomic E-state index is 0.000172. The standard InChI is InChI=1S/C17H23N5OS/c1-5-10-22-16(14-6-8-18-9-7-14)20-21-17(22)24-11-15(23)19-13(4)12(2)3/h5-9,12-13H,1,10-11H2,2-4H3,(H,19,23)/t13-/m1/s1. The van der Waals surface area contributed by atoms with Gasteiger partial charge >= 0.3 is 0 Å². The summed E-state index contributed by atoms with van der Waals surface area (Å²) in [4.78, 5) is 16.1. The molecule has 0 radical (unpaired) electrons. The fraction of sp³-hybridized carbons (Fsp3) is 0.412. The molecule has 7 heteroatoms. The first-order chi connectivity index (χ1) is 11.5. The highest BCUT2D eigenvalue weighted by atomic mass is 32.2. The molecule has 0 saturated carbocycles. The molecule has 1 N–H and O–H groups in total. The van der Waals surface area contributed by atoms with Crippen molar-refractivity contribution < 1.29 is 4.79 Å². The van der Waals surface area contributed by atoms with Crippen molar-refractivity contribution in [2.75, 3.05) is 5.75 Å². The third-order valence-corrected chi connectivity index (χ3v) is 4.65. The minimum Gasteiger partial charge on any atom is -0.353 e. The fourth-order valence-corrected chi connectivity index (χ4v) is 2.75. The molecular weight excluding hydrogens is 322 g/mol. The molecule has 1 amide bonds. The van der Waals surface area contributed by atoms with Crippen molar-refractivity contribution in [1.82, 2.24) is 25.1 Å². The molecule has 24 heavy (non-hydrogen) atoms. The zero-order chi connectivity index (χ0) is 17.5. The molecule has 0 spiro atoms. The molecule has 2 rings (SSSR count). The van der Waals surface area contributed by atoms with Crippen molar-refractivity contribution in [3.05, 3.63) is 37.2 Å². The normalized spacial score (nSPS) is 12.2. The van der Waals surface area contributed by atoms with Gasteiger partial charge < -0.3 is 5.32 Å². The second-order valence-electron chi connectivity index (χ2n) is 5.83. The molecule has 1 atom stereocenters. The number of carbonyl (C=O) groups excluding carboxylic acids is 1. The van der Waals surface area contributed by atoms with Crippen molar-refractivity contribution in [3.63, 3.8) is 0 Å². The van der Waals surface area contributed by atoms with E-state index in [9.17, 15) is 4.79 Å². The molecule has 0 fully saturated rings. The maximum Gasteiger partial charge on any atom is 0.230 e. The van der Waals surface area contributed by atoms with E-state index >= 15 is 0 Å². The first-order valence-corrected chi connectivity index (χ1v) is 8.88. The molecule has 6 nitrogen and oxygen atoms in total. The second kappa shape index (κ2) is 8.63. The number of hydrogen-bond acceptors (Lipinski definition) is 5. The number of pyridine rings is 1. The summed E-state index contributed by atoms with van der Waals surface area (Å²) >= 11 is 1.38. The molecule has 0 unspecified atom stereocenters. The molecular formula is C17H23N5OS. The van der Waals surface area contributed by atoms with E-state index in [0.29, 0.717) is 23.4 Å². The van der Waals surface area contributed by atoms with Gasteiger partial charge in [-0.1, -0.05) is 31.7 Å². The highest BCUT2D eigenvalue weighted by molar-refractivity contribution is 7.99. The number of hydrogen-bond donors (Lipinski definition) is 1. The molecule has 2 aromatic rings. The van der Waals surface area contributed by atoms with Gasteiger partial charge in [-0.25, -0.2) is 0 Å². The quantitative estimate of drug-likeness (QED) is 0.588. The Labute approximate surface area is 146 Å². The van der Waals surface area contributed by atoms with Gasteiger partial charge in [0.2, 0.25) is 5.91 Å². The summed E-state index contributed by atoms with van der Waals surface area (Å²) in [6.07, 6.45) is 5.23. The van der Waals surface area contributed by atoms with Crippen LogP contribution in [0.15, 0.2) is 42.3 Å². The summed E-state index contributed by atoms with van der Waals surface area (Å²) in [5, 5.41) is 12.2. The third-order valence-electron chi connectivity index (χ3n) is 3.69. The lowest BCUT2D eigenvalue weighted by Crippen LogP contribution is -2.37. The van der Waals surface area contributed by atoms with Gasteiger partial charge in [-0.2, -0.15) is 0 Å². The molecule has 2 heterocycles. The molecule has 0 aliphatic heterocycles. The number of carbonyl (C=O) groups is 1. The van der Waals surface area contributed by atoms with Gasteiger partial charge in [-0.15, -0.1) is 16.8 Å². The van der Waals surface area contributed by atoms with E-state index in [1.54, 1.807) is 18.5 Å². The van der Waals surface area contributed by atoms with Gasteiger partial charge in [0.25, 0.3) is 0 Å². The number of aromatic nitrogens is 4. The van der Waals surface area contributed by atoms with Crippen molar-refractivity contribution in [1.29, 1.82) is 0 Å². The first-order valence-electron chi connectivity index (χ1n) is 7.89. The van der Waals surface area contributed by atoms with Gasteiger partial charge in [0.1, 0.15) is 0 Å². The zero-order valence-electron chi connectivity index (χ0n) is 14.3. The van der Waals surface area contributed by atoms with Crippen LogP contribution in [0.1, 0.15) is 20.8 Å². The van der Waals surface area contributed by atoms with Crippen LogP contribution in [0.3, 0.4) is 0 Å². The van der Waals surface area contributed by atoms with E-state index in [-0.39, 0.29) is 11.9 Å². The predicted octanol–water partition coefficient (Wildman–Crippen LogP) is 2.78. The largest absolute Gasteiger partial charge is 0.353 e. The highest BCUT2D eigenvalue weighted by Gasteiger charge is 2.16. The van der Waals surface area contributed by atoms with E-state index in [4.69, 9.17) is 0 Å². The summed E-state index contributed by atoms with van der Waals surface area (Å²) < 4.78 is 1.95. The van der Waals surface area contributed by atoms with Crippen molar-refractivity contribution in [3.8, 4) is 11.4 Å². The Morgan fingerprint density at radius 1 is 1.33 bits per heavy atom. The lowest BCUT2D eigenvalue weighted by molar-refractivity contribution is -0.119. The Bertz CT molecular complexity index is 684. The van der Waals surface area contributed by atoms with E-state index < -0.39 is 0 Å². The summed E-state index contributed by atoms with van der Waals surface area (Å²) in [6.45, 7) is 10.5. The van der Waals surface area contributed by atoms with Gasteiger partial charge in [-0.05, 0) is 25.0 Å². The topological polar surface area (TPSA) is 72.7 Å². The summed E-state index contributed by atoms with van der Waals surface area (Å²) in [5.74, 6) is 1.46. The zero-order valence-corrected chi connectivity index (χ0v) is 15.1. The number of nitrogens with one attached hydrogen (secondary N) is 1. The Morgan fingerprint density at radius 2 is 2.04 bits per heavy atom. The van der Waals surface area contributed by atoms with Crippen molar-refractivity contribution in [2.24, 2.45) is 5.92 Å². The minimum atomic E-state index is -0.000172. The van der Waals surface area contributed by atoms with Crippen LogP contribution in [0, 0.1) is 5.92 Å². The van der Waals surface area contributed by atoms with Crippen LogP contribution in [-0.4, -0.2) is 37.5 Å². The van der Waals surface area contributed by atoms with Crippen molar-refractivity contribution in [2.45, 2.75) is 38.5 Å². The van der Waals surface area contributed by atoms with Crippen LogP contribution in [0.4, 0.5) is 0 Å². The maximum absolute atomic E-state index is 12.1. The van der Waals surface area contributed by atoms with E-state index in [1.807, 2.05) is 23.6 Å². The summed E-state index contributed by atoms with van der Waals surface area (Å²) in [6, 6.07) is 3.92. The number of nitrogens with zero attached hydrogens (tertiary/aromatic N) is 4. The van der Waals surface area contributed by atoms with Gasteiger partial charge in [0.15, 0.2) is 11.0 Å². The van der Waals surface area contributed by atoms with Gasteiger partial charge in [0.05, 0.1) is 5.75 Å². The summed E-state index contributed by atoms with van der Waals surface area (Å²) in [5.41, 5.74) is 0.934. The van der Waals surface area contributed by atoms with Crippen LogP contribution in [-0.2, 0) is 11.3 Å². The Hall–Kier alpha value is -2.15. The Kier molecular flexibility index (Phi) is 6.54. The first kappa shape index (κ1) is 18.2. The van der Waals surface area contributed by atoms with Crippen LogP contribution in [0.2, 0.25) is 0 Å². The Morgan fingerprint density at radius 3 is 2.67 bits per heavy atom. The molecule has 2 aromatic heterocycles. The average Bonchev–Trinajstić information content (AvgIpc) is 2.97. The number of thioether (sulfide) groups is 1. The second-order valence-corrected chi connectivity index (χ2v) is 6.77. The smallest absolute Gasteiger partial charge is 0.230 e. The molecule has 0 bridgehead atoms. The summed E-state index contributed by atoms with van der Waals surface area (Å²) in [7, 11) is 0. The molecule has 0 saturated heterocycles. The Balaban J connectivity index is 2.09. The van der Waals surface area contributed by atoms with Gasteiger partial charge in [-0.3, -0.25) is 14.3 Å². The maximum atomic E-state index is 12.1. The molecule has 128 valence electrons. The highest BCUT2D eigenvalue weighted by Crippen LogP contribution is 2.23. The molecule has 0 aromatic carbocycles. The average molecular weight is 345 g/mol. The lowest BCUT2D eigenvalue weighted by atomic mass is 10.1. The predicted molar refractivity (Wildman–Crippen MR) is 96.6 cm³/mol. The van der Waals surface area contributed by atoms with Crippen molar-refractivity contribution >= 4 is 17.7 Å². The number of amides is 1. The number of rotatable bonds is 8.